The van der Waals surface area contributed by atoms with E-state index in [1.807, 2.05) is 0 Å². The van der Waals surface area contributed by atoms with Crippen molar-refractivity contribution in [1.29, 1.82) is 0 Å². The van der Waals surface area contributed by atoms with E-state index in [4.69, 9.17) is 4.98 Å². The van der Waals surface area contributed by atoms with Gasteiger partial charge in [0, 0.05) is 0 Å². The van der Waals surface area contributed by atoms with Crippen molar-refractivity contribution >= 4 is 69.0 Å². The molecule has 0 aliphatic rings. The van der Waals surface area contributed by atoms with Gasteiger partial charge >= 0.3 is 200 Å². The first-order chi connectivity index (χ1) is 15.1. The molecule has 0 aliphatic heterocycles. The molecule has 0 bridgehead atoms. The number of aromatic nitrogens is 1. The second-order valence-electron chi connectivity index (χ2n) is 7.52. The number of halogens is 2. The van der Waals surface area contributed by atoms with Gasteiger partial charge in [-0.3, -0.25) is 0 Å². The molecule has 5 aromatic rings. The Morgan fingerprint density at radius 1 is 0.548 bits per heavy atom. The summed E-state index contributed by atoms with van der Waals surface area (Å²) >= 11 is 8.07. The molecule has 4 aromatic carbocycles. The predicted octanol–water partition coefficient (Wildman–Crippen LogP) is 6.46. The Morgan fingerprint density at radius 2 is 1.03 bits per heavy atom. The molecule has 0 spiro atoms. The predicted molar refractivity (Wildman–Crippen MR) is 143 cm³/mol. The van der Waals surface area contributed by atoms with Crippen molar-refractivity contribution in [2.24, 2.45) is 0 Å². The van der Waals surface area contributed by atoms with E-state index in [0.717, 1.165) is 20.8 Å². The van der Waals surface area contributed by atoms with E-state index >= 15 is 0 Å². The van der Waals surface area contributed by atoms with Crippen LogP contribution in [0, 0.1) is 0 Å². The Balaban J connectivity index is 1.97. The van der Waals surface area contributed by atoms with Crippen LogP contribution in [0.5, 0.6) is 0 Å². The average Bonchev–Trinajstić information content (AvgIpc) is 2.85. The van der Waals surface area contributed by atoms with Crippen molar-refractivity contribution in [1.82, 2.24) is 4.98 Å². The van der Waals surface area contributed by atoms with Crippen LogP contribution < -0.4 is 21.3 Å². The van der Waals surface area contributed by atoms with Gasteiger partial charge in [-0.05, 0) is 0 Å². The zero-order valence-electron chi connectivity index (χ0n) is 16.7. The summed E-state index contributed by atoms with van der Waals surface area (Å²) in [4.78, 5) is 5.28. The molecule has 0 atom stereocenters. The Hall–Kier alpha value is -2.32. The van der Waals surface area contributed by atoms with E-state index in [2.05, 4.69) is 153 Å². The van der Waals surface area contributed by atoms with Crippen LogP contribution in [-0.4, -0.2) is 4.98 Å². The summed E-state index contributed by atoms with van der Waals surface area (Å²) in [5.41, 5.74) is 2.03. The van der Waals surface area contributed by atoms with E-state index in [-0.39, 0.29) is 0 Å². The first-order valence-electron chi connectivity index (χ1n) is 10.1. The number of pyridine rings is 1. The Bertz CT molecular complexity index is 1260. The number of nitrogens with zero attached hydrogens (tertiary/aromatic N) is 1. The minimum atomic E-state index is -3.26. The van der Waals surface area contributed by atoms with Crippen molar-refractivity contribution in [3.05, 3.63) is 126 Å². The monoisotopic (exact) mass is 547 g/mol. The topological polar surface area (TPSA) is 12.9 Å². The number of hydrogen-bond donors (Lipinski definition) is 0. The second kappa shape index (κ2) is 7.98. The van der Waals surface area contributed by atoms with Gasteiger partial charge in [-0.1, -0.05) is 0 Å². The average molecular weight is 549 g/mol. The van der Waals surface area contributed by atoms with Gasteiger partial charge in [-0.25, -0.2) is 0 Å². The zero-order valence-corrected chi connectivity index (χ0v) is 20.8. The quantitative estimate of drug-likeness (QED) is 0.235. The van der Waals surface area contributed by atoms with Gasteiger partial charge in [0.2, 0.25) is 0 Å². The third kappa shape index (κ3) is 3.19. The molecule has 0 amide bonds. The minimum absolute atomic E-state index is 0.983. The van der Waals surface area contributed by atoms with Crippen LogP contribution in [0.4, 0.5) is 0 Å². The summed E-state index contributed by atoms with van der Waals surface area (Å²) in [6, 6.07) is 42.8. The molecule has 0 fully saturated rings. The molecule has 152 valence electrons. The van der Waals surface area contributed by atoms with Crippen molar-refractivity contribution in [3.63, 3.8) is 0 Å². The van der Waals surface area contributed by atoms with Gasteiger partial charge in [0.05, 0.1) is 0 Å². The maximum atomic E-state index is 5.28. The Morgan fingerprint density at radius 3 is 1.52 bits per heavy atom. The molecule has 0 radical (unpaired) electrons. The third-order valence-electron chi connectivity index (χ3n) is 5.79. The van der Waals surface area contributed by atoms with Crippen molar-refractivity contribution in [3.8, 4) is 0 Å². The van der Waals surface area contributed by atoms with E-state index in [9.17, 15) is 0 Å². The molecule has 0 N–H and O–H groups in total. The standard InChI is InChI=1S/C27H20Br2NP/c28-22-17-18-26-21(20-22)16-19-27(30-26)31(29,23-10-4-1-5-11-23,24-12-6-2-7-13-24)25-14-8-3-9-15-25/h1-20H. The molecular formula is C27H20Br2NP. The molecule has 0 aliphatic carbocycles. The van der Waals surface area contributed by atoms with Crippen LogP contribution >= 0.6 is 36.7 Å². The Labute approximate surface area is 199 Å². The molecule has 1 nitrogen and oxygen atoms in total. The van der Waals surface area contributed by atoms with Gasteiger partial charge in [0.15, 0.2) is 0 Å². The van der Waals surface area contributed by atoms with Crippen LogP contribution in [0.15, 0.2) is 126 Å². The van der Waals surface area contributed by atoms with E-state index < -0.39 is 5.31 Å². The number of benzene rings is 4. The molecule has 0 saturated carbocycles. The first kappa shape index (κ1) is 20.6. The maximum absolute atomic E-state index is 5.28. The van der Waals surface area contributed by atoms with Crippen LogP contribution in [-0.2, 0) is 0 Å². The summed E-state index contributed by atoms with van der Waals surface area (Å²) in [6.07, 6.45) is 0. The van der Waals surface area contributed by atoms with Gasteiger partial charge in [0.1, 0.15) is 0 Å². The zero-order chi connectivity index (χ0) is 21.3. The number of fused-ring (bicyclic) bond motifs is 1. The van der Waals surface area contributed by atoms with Crippen LogP contribution in [0.3, 0.4) is 0 Å². The van der Waals surface area contributed by atoms with E-state index in [1.54, 1.807) is 0 Å². The van der Waals surface area contributed by atoms with Crippen LogP contribution in [0.1, 0.15) is 0 Å². The van der Waals surface area contributed by atoms with Crippen LogP contribution in [0.25, 0.3) is 10.9 Å². The molecule has 1 aromatic heterocycles. The normalized spacial score (nSPS) is 12.9. The van der Waals surface area contributed by atoms with Crippen molar-refractivity contribution in [2.75, 3.05) is 0 Å². The van der Waals surface area contributed by atoms with Gasteiger partial charge in [-0.15, -0.1) is 0 Å². The van der Waals surface area contributed by atoms with Gasteiger partial charge in [-0.2, -0.15) is 0 Å². The van der Waals surface area contributed by atoms with Crippen molar-refractivity contribution < 1.29 is 0 Å². The molecule has 0 saturated heterocycles. The van der Waals surface area contributed by atoms with Gasteiger partial charge in [0.25, 0.3) is 0 Å². The van der Waals surface area contributed by atoms with Crippen LogP contribution in [0.2, 0.25) is 0 Å². The summed E-state index contributed by atoms with van der Waals surface area (Å²) in [5.74, 6) is 0. The fraction of sp³-hybridized carbons (Fsp3) is 0. The van der Waals surface area contributed by atoms with E-state index in [1.165, 1.54) is 15.9 Å². The summed E-state index contributed by atoms with van der Waals surface area (Å²) in [6.45, 7) is 0. The molecular weight excluding hydrogens is 529 g/mol. The van der Waals surface area contributed by atoms with Crippen molar-refractivity contribution in [2.45, 2.75) is 0 Å². The third-order valence-corrected chi connectivity index (χ3v) is 16.0. The summed E-state index contributed by atoms with van der Waals surface area (Å²) < 4.78 is 1.06. The fourth-order valence-corrected chi connectivity index (χ4v) is 11.9. The number of rotatable bonds is 4. The summed E-state index contributed by atoms with van der Waals surface area (Å²) in [5, 5.41) is 1.55. The molecule has 4 heteroatoms. The molecule has 1 heterocycles. The SMILES string of the molecule is Brc1ccc2nc(P(Br)(c3ccccc3)(c3ccccc3)c3ccccc3)ccc2c1. The second-order valence-corrected chi connectivity index (χ2v) is 16.7. The first-order valence-corrected chi connectivity index (χ1v) is 15.1. The van der Waals surface area contributed by atoms with E-state index in [0.29, 0.717) is 0 Å². The summed E-state index contributed by atoms with van der Waals surface area (Å²) in [7, 11) is 0. The van der Waals surface area contributed by atoms with Gasteiger partial charge < -0.3 is 0 Å². The Kier molecular flexibility index (Phi) is 5.30. The number of hydrogen-bond acceptors (Lipinski definition) is 1. The molecule has 31 heavy (non-hydrogen) atoms. The molecule has 0 unspecified atom stereocenters. The fourth-order valence-electron chi connectivity index (χ4n) is 4.29. The molecule has 5 rings (SSSR count).